The van der Waals surface area contributed by atoms with E-state index >= 15 is 0 Å². The molecule has 1 amide bonds. The molecule has 0 fully saturated rings. The third kappa shape index (κ3) is 3.21. The summed E-state index contributed by atoms with van der Waals surface area (Å²) in [6.45, 7) is 0. The molecule has 2 atom stereocenters. The molecule has 3 nitrogen and oxygen atoms in total. The third-order valence-electron chi connectivity index (χ3n) is 3.12. The molecule has 1 N–H and O–H groups in total. The van der Waals surface area contributed by atoms with E-state index in [4.69, 9.17) is 5.26 Å². The molecule has 3 heteroatoms. The van der Waals surface area contributed by atoms with Gasteiger partial charge in [0.1, 0.15) is 0 Å². The first-order valence-electron chi connectivity index (χ1n) is 6.19. The number of benzene rings is 1. The standard InChI is InChI=1S/C15H16N2O/c16-11-13-8-4-5-9-14(13)17-15(18)10-12-6-2-1-3-7-12/h1-3,5-7,9,13-14H,4,8,10H2,(H,17,18)/t13-,14-/m1/s1. The molecule has 0 aliphatic heterocycles. The SMILES string of the molecule is N#C[C@H]1CCC=C[C@H]1NC(=O)Cc1ccccc1. The first-order chi connectivity index (χ1) is 8.79. The van der Waals surface area contributed by atoms with Crippen molar-refractivity contribution < 1.29 is 4.79 Å². The fourth-order valence-electron chi connectivity index (χ4n) is 2.14. The molecule has 0 bridgehead atoms. The van der Waals surface area contributed by atoms with E-state index in [0.717, 1.165) is 18.4 Å². The van der Waals surface area contributed by atoms with Crippen LogP contribution in [-0.4, -0.2) is 11.9 Å². The first-order valence-corrected chi connectivity index (χ1v) is 6.19. The highest BCUT2D eigenvalue weighted by Gasteiger charge is 2.22. The van der Waals surface area contributed by atoms with E-state index in [1.807, 2.05) is 42.5 Å². The summed E-state index contributed by atoms with van der Waals surface area (Å²) in [4.78, 5) is 11.9. The van der Waals surface area contributed by atoms with Gasteiger partial charge in [0, 0.05) is 0 Å². The summed E-state index contributed by atoms with van der Waals surface area (Å²) in [6.07, 6.45) is 6.07. The average molecular weight is 240 g/mol. The van der Waals surface area contributed by atoms with Gasteiger partial charge in [0.2, 0.25) is 5.91 Å². The molecule has 1 aromatic carbocycles. The maximum Gasteiger partial charge on any atom is 0.224 e. The Balaban J connectivity index is 1.93. The predicted molar refractivity (Wildman–Crippen MR) is 69.6 cm³/mol. The van der Waals surface area contributed by atoms with E-state index in [-0.39, 0.29) is 17.9 Å². The monoisotopic (exact) mass is 240 g/mol. The van der Waals surface area contributed by atoms with Crippen molar-refractivity contribution in [1.29, 1.82) is 5.26 Å². The summed E-state index contributed by atoms with van der Waals surface area (Å²) in [5, 5.41) is 11.9. The van der Waals surface area contributed by atoms with Crippen LogP contribution in [-0.2, 0) is 11.2 Å². The van der Waals surface area contributed by atoms with E-state index in [0.29, 0.717) is 6.42 Å². The highest BCUT2D eigenvalue weighted by atomic mass is 16.1. The van der Waals surface area contributed by atoms with Crippen LogP contribution in [0.1, 0.15) is 18.4 Å². The van der Waals surface area contributed by atoms with Gasteiger partial charge in [-0.15, -0.1) is 0 Å². The van der Waals surface area contributed by atoms with Gasteiger partial charge in [-0.2, -0.15) is 5.26 Å². The minimum Gasteiger partial charge on any atom is -0.348 e. The lowest BCUT2D eigenvalue weighted by Crippen LogP contribution is -2.40. The van der Waals surface area contributed by atoms with Gasteiger partial charge in [-0.25, -0.2) is 0 Å². The number of nitrogens with zero attached hydrogens (tertiary/aromatic N) is 1. The van der Waals surface area contributed by atoms with Gasteiger partial charge in [-0.05, 0) is 18.4 Å². The number of nitriles is 1. The van der Waals surface area contributed by atoms with Crippen LogP contribution in [0, 0.1) is 17.2 Å². The number of hydrogen-bond donors (Lipinski definition) is 1. The van der Waals surface area contributed by atoms with Crippen LogP contribution in [0.5, 0.6) is 0 Å². The molecule has 2 rings (SSSR count). The van der Waals surface area contributed by atoms with Gasteiger partial charge in [0.05, 0.1) is 24.4 Å². The molecule has 0 saturated heterocycles. The van der Waals surface area contributed by atoms with Crippen LogP contribution in [0.15, 0.2) is 42.5 Å². The Morgan fingerprint density at radius 2 is 2.17 bits per heavy atom. The van der Waals surface area contributed by atoms with E-state index in [2.05, 4.69) is 11.4 Å². The zero-order valence-electron chi connectivity index (χ0n) is 10.2. The van der Waals surface area contributed by atoms with E-state index in [9.17, 15) is 4.79 Å². The van der Waals surface area contributed by atoms with Crippen molar-refractivity contribution in [1.82, 2.24) is 5.32 Å². The van der Waals surface area contributed by atoms with Crippen molar-refractivity contribution in [2.75, 3.05) is 0 Å². The lowest BCUT2D eigenvalue weighted by molar-refractivity contribution is -0.121. The number of nitrogens with one attached hydrogen (secondary N) is 1. The van der Waals surface area contributed by atoms with Crippen LogP contribution in [0.3, 0.4) is 0 Å². The molecule has 1 aliphatic carbocycles. The highest BCUT2D eigenvalue weighted by molar-refractivity contribution is 5.79. The summed E-state index contributed by atoms with van der Waals surface area (Å²) >= 11 is 0. The summed E-state index contributed by atoms with van der Waals surface area (Å²) in [7, 11) is 0. The van der Waals surface area contributed by atoms with Crippen LogP contribution in [0.25, 0.3) is 0 Å². The maximum atomic E-state index is 11.9. The molecule has 0 heterocycles. The molecule has 1 aliphatic rings. The van der Waals surface area contributed by atoms with E-state index in [1.54, 1.807) is 0 Å². The van der Waals surface area contributed by atoms with Gasteiger partial charge >= 0.3 is 0 Å². The Hall–Kier alpha value is -2.08. The molecule has 0 unspecified atom stereocenters. The Morgan fingerprint density at radius 1 is 1.39 bits per heavy atom. The fraction of sp³-hybridized carbons (Fsp3) is 0.333. The lowest BCUT2D eigenvalue weighted by Gasteiger charge is -2.23. The van der Waals surface area contributed by atoms with Crippen molar-refractivity contribution in [3.05, 3.63) is 48.0 Å². The molecule has 0 aromatic heterocycles. The molecular formula is C15H16N2O. The van der Waals surface area contributed by atoms with Crippen molar-refractivity contribution in [3.63, 3.8) is 0 Å². The van der Waals surface area contributed by atoms with E-state index < -0.39 is 0 Å². The number of allylic oxidation sites excluding steroid dienone is 1. The highest BCUT2D eigenvalue weighted by Crippen LogP contribution is 2.18. The molecule has 0 radical (unpaired) electrons. The summed E-state index contributed by atoms with van der Waals surface area (Å²) in [5.74, 6) is -0.132. The second-order valence-electron chi connectivity index (χ2n) is 4.50. The number of amides is 1. The minimum atomic E-state index is -0.139. The van der Waals surface area contributed by atoms with Crippen molar-refractivity contribution >= 4 is 5.91 Å². The second-order valence-corrected chi connectivity index (χ2v) is 4.50. The van der Waals surface area contributed by atoms with Gasteiger partial charge < -0.3 is 5.32 Å². The van der Waals surface area contributed by atoms with Crippen LogP contribution >= 0.6 is 0 Å². The smallest absolute Gasteiger partial charge is 0.224 e. The number of carbonyl (C=O) groups is 1. The molecule has 92 valence electrons. The Labute approximate surface area is 107 Å². The normalized spacial score (nSPS) is 22.2. The number of carbonyl (C=O) groups excluding carboxylic acids is 1. The zero-order chi connectivity index (χ0) is 12.8. The number of hydrogen-bond acceptors (Lipinski definition) is 2. The summed E-state index contributed by atoms with van der Waals surface area (Å²) < 4.78 is 0. The van der Waals surface area contributed by atoms with Gasteiger partial charge in [0.15, 0.2) is 0 Å². The fourth-order valence-corrected chi connectivity index (χ4v) is 2.14. The van der Waals surface area contributed by atoms with Crippen LogP contribution < -0.4 is 5.32 Å². The van der Waals surface area contributed by atoms with Crippen LogP contribution in [0.2, 0.25) is 0 Å². The van der Waals surface area contributed by atoms with Crippen molar-refractivity contribution in [2.45, 2.75) is 25.3 Å². The van der Waals surface area contributed by atoms with Crippen molar-refractivity contribution in [2.24, 2.45) is 5.92 Å². The minimum absolute atomic E-state index is 0.0296. The second kappa shape index (κ2) is 6.02. The van der Waals surface area contributed by atoms with Crippen molar-refractivity contribution in [3.8, 4) is 6.07 Å². The summed E-state index contributed by atoms with van der Waals surface area (Å²) in [6, 6.07) is 11.7. The Morgan fingerprint density at radius 3 is 2.89 bits per heavy atom. The maximum absolute atomic E-state index is 11.9. The molecule has 1 aromatic rings. The molecule has 18 heavy (non-hydrogen) atoms. The van der Waals surface area contributed by atoms with Crippen LogP contribution in [0.4, 0.5) is 0 Å². The molecule has 0 spiro atoms. The quantitative estimate of drug-likeness (QED) is 0.823. The predicted octanol–water partition coefficient (Wildman–Crippen LogP) is 2.20. The van der Waals surface area contributed by atoms with Gasteiger partial charge in [-0.1, -0.05) is 42.5 Å². The third-order valence-corrected chi connectivity index (χ3v) is 3.12. The van der Waals surface area contributed by atoms with E-state index in [1.165, 1.54) is 0 Å². The Kier molecular flexibility index (Phi) is 4.14. The average Bonchev–Trinajstić information content (AvgIpc) is 2.40. The lowest BCUT2D eigenvalue weighted by atomic mass is 9.90. The summed E-state index contributed by atoms with van der Waals surface area (Å²) in [5.41, 5.74) is 0.989. The number of rotatable bonds is 3. The first kappa shape index (κ1) is 12.4. The topological polar surface area (TPSA) is 52.9 Å². The Bertz CT molecular complexity index is 473. The molecular weight excluding hydrogens is 224 g/mol. The largest absolute Gasteiger partial charge is 0.348 e. The van der Waals surface area contributed by atoms with Gasteiger partial charge in [0.25, 0.3) is 0 Å². The van der Waals surface area contributed by atoms with Gasteiger partial charge in [-0.3, -0.25) is 4.79 Å². The molecule has 0 saturated carbocycles. The zero-order valence-corrected chi connectivity index (χ0v) is 10.2.